The zero-order valence-corrected chi connectivity index (χ0v) is 12.9. The molecule has 0 N–H and O–H groups in total. The highest BCUT2D eigenvalue weighted by molar-refractivity contribution is 7.99. The molecule has 1 aromatic heterocycles. The average Bonchev–Trinajstić information content (AvgIpc) is 2.46. The van der Waals surface area contributed by atoms with Gasteiger partial charge in [-0.1, -0.05) is 6.08 Å². The van der Waals surface area contributed by atoms with Crippen molar-refractivity contribution in [3.63, 3.8) is 0 Å². The molecule has 0 bridgehead atoms. The van der Waals surface area contributed by atoms with Gasteiger partial charge in [0.2, 0.25) is 0 Å². The summed E-state index contributed by atoms with van der Waals surface area (Å²) in [6, 6.07) is 2.37. The smallest absolute Gasteiger partial charge is 0.316 e. The molecule has 2 heterocycles. The van der Waals surface area contributed by atoms with E-state index in [4.69, 9.17) is 4.74 Å². The molecule has 1 atom stereocenters. The van der Waals surface area contributed by atoms with Gasteiger partial charge in [0, 0.05) is 43.0 Å². The highest BCUT2D eigenvalue weighted by atomic mass is 32.2. The molecule has 0 aromatic carbocycles. The van der Waals surface area contributed by atoms with Crippen molar-refractivity contribution in [2.45, 2.75) is 25.9 Å². The number of rotatable bonds is 7. The first-order chi connectivity index (χ1) is 9.78. The van der Waals surface area contributed by atoms with Gasteiger partial charge >= 0.3 is 6.01 Å². The molecule has 0 aliphatic carbocycles. The summed E-state index contributed by atoms with van der Waals surface area (Å²) in [6.45, 7) is 8.99. The Balaban J connectivity index is 1.93. The monoisotopic (exact) mass is 293 g/mol. The summed E-state index contributed by atoms with van der Waals surface area (Å²) < 4.78 is 5.98. The van der Waals surface area contributed by atoms with Crippen molar-refractivity contribution in [3.8, 4) is 6.01 Å². The molecule has 1 aliphatic heterocycles. The van der Waals surface area contributed by atoms with Crippen LogP contribution in [0.2, 0.25) is 0 Å². The molecular formula is C15H23N3OS. The Kier molecular flexibility index (Phi) is 6.33. The number of hydrogen-bond donors (Lipinski definition) is 0. The van der Waals surface area contributed by atoms with Crippen LogP contribution in [0.25, 0.3) is 0 Å². The van der Waals surface area contributed by atoms with Gasteiger partial charge in [-0.3, -0.25) is 4.90 Å². The number of ether oxygens (including phenoxy) is 1. The van der Waals surface area contributed by atoms with Crippen molar-refractivity contribution in [2.24, 2.45) is 0 Å². The van der Waals surface area contributed by atoms with E-state index >= 15 is 0 Å². The molecule has 1 fully saturated rings. The van der Waals surface area contributed by atoms with Gasteiger partial charge in [0.25, 0.3) is 0 Å². The first-order valence-corrected chi connectivity index (χ1v) is 8.30. The SMILES string of the molecule is C=CCC[C@H](CN1CCSCC1)Oc1nccc(C)n1. The van der Waals surface area contributed by atoms with E-state index < -0.39 is 0 Å². The minimum atomic E-state index is 0.137. The molecule has 0 spiro atoms. The Morgan fingerprint density at radius 2 is 2.30 bits per heavy atom. The Bertz CT molecular complexity index is 421. The predicted octanol–water partition coefficient (Wildman–Crippen LogP) is 2.55. The van der Waals surface area contributed by atoms with Crippen LogP contribution in [0.4, 0.5) is 0 Å². The largest absolute Gasteiger partial charge is 0.459 e. The quantitative estimate of drug-likeness (QED) is 0.722. The zero-order chi connectivity index (χ0) is 14.2. The van der Waals surface area contributed by atoms with Crippen LogP contribution < -0.4 is 4.74 Å². The normalized spacial score (nSPS) is 17.6. The molecule has 1 saturated heterocycles. The minimum absolute atomic E-state index is 0.137. The van der Waals surface area contributed by atoms with E-state index in [1.807, 2.05) is 30.8 Å². The van der Waals surface area contributed by atoms with Gasteiger partial charge < -0.3 is 4.74 Å². The van der Waals surface area contributed by atoms with Crippen LogP contribution in [0.1, 0.15) is 18.5 Å². The van der Waals surface area contributed by atoms with E-state index in [9.17, 15) is 0 Å². The molecule has 0 radical (unpaired) electrons. The maximum atomic E-state index is 5.98. The van der Waals surface area contributed by atoms with Crippen LogP contribution in [-0.4, -0.2) is 52.1 Å². The van der Waals surface area contributed by atoms with Gasteiger partial charge in [0.1, 0.15) is 6.10 Å². The first-order valence-electron chi connectivity index (χ1n) is 7.15. The first kappa shape index (κ1) is 15.3. The van der Waals surface area contributed by atoms with Crippen molar-refractivity contribution < 1.29 is 4.74 Å². The zero-order valence-electron chi connectivity index (χ0n) is 12.1. The van der Waals surface area contributed by atoms with Gasteiger partial charge in [0.05, 0.1) is 0 Å². The molecule has 1 aromatic rings. The number of allylic oxidation sites excluding steroid dienone is 1. The number of nitrogens with zero attached hydrogens (tertiary/aromatic N) is 3. The summed E-state index contributed by atoms with van der Waals surface area (Å²) in [7, 11) is 0. The van der Waals surface area contributed by atoms with Crippen LogP contribution in [0, 0.1) is 6.92 Å². The average molecular weight is 293 g/mol. The standard InChI is InChI=1S/C15H23N3OS/c1-3-4-5-14(12-18-8-10-20-11-9-18)19-15-16-7-6-13(2)17-15/h3,6-7,14H,1,4-5,8-12H2,2H3/t14-/m1/s1. The Hall–Kier alpha value is -1.07. The van der Waals surface area contributed by atoms with Crippen LogP contribution in [0.5, 0.6) is 6.01 Å². The van der Waals surface area contributed by atoms with E-state index in [0.717, 1.165) is 38.2 Å². The predicted molar refractivity (Wildman–Crippen MR) is 84.4 cm³/mol. The molecule has 4 nitrogen and oxygen atoms in total. The summed E-state index contributed by atoms with van der Waals surface area (Å²) >= 11 is 2.03. The van der Waals surface area contributed by atoms with Crippen molar-refractivity contribution >= 4 is 11.8 Å². The lowest BCUT2D eigenvalue weighted by Crippen LogP contribution is -2.40. The molecule has 0 saturated carbocycles. The fourth-order valence-electron chi connectivity index (χ4n) is 2.19. The van der Waals surface area contributed by atoms with Crippen LogP contribution in [0.15, 0.2) is 24.9 Å². The number of aromatic nitrogens is 2. The van der Waals surface area contributed by atoms with Crippen molar-refractivity contribution in [1.29, 1.82) is 0 Å². The summed E-state index contributed by atoms with van der Waals surface area (Å²) in [6.07, 6.45) is 5.75. The summed E-state index contributed by atoms with van der Waals surface area (Å²) in [4.78, 5) is 11.0. The molecule has 0 amide bonds. The number of thioether (sulfide) groups is 1. The fraction of sp³-hybridized carbons (Fsp3) is 0.600. The van der Waals surface area contributed by atoms with E-state index in [0.29, 0.717) is 6.01 Å². The highest BCUT2D eigenvalue weighted by Gasteiger charge is 2.18. The van der Waals surface area contributed by atoms with Gasteiger partial charge in [-0.15, -0.1) is 6.58 Å². The van der Waals surface area contributed by atoms with Crippen molar-refractivity contribution in [2.75, 3.05) is 31.1 Å². The Morgan fingerprint density at radius 3 is 3.00 bits per heavy atom. The number of aryl methyl sites for hydroxylation is 1. The molecule has 5 heteroatoms. The Morgan fingerprint density at radius 1 is 1.50 bits per heavy atom. The maximum absolute atomic E-state index is 5.98. The summed E-state index contributed by atoms with van der Waals surface area (Å²) in [5, 5.41) is 0. The van der Waals surface area contributed by atoms with Crippen LogP contribution >= 0.6 is 11.8 Å². The van der Waals surface area contributed by atoms with E-state index in [2.05, 4.69) is 21.4 Å². The third-order valence-electron chi connectivity index (χ3n) is 3.30. The summed E-state index contributed by atoms with van der Waals surface area (Å²) in [5.41, 5.74) is 0.937. The minimum Gasteiger partial charge on any atom is -0.459 e. The molecule has 110 valence electrons. The second-order valence-corrected chi connectivity index (χ2v) is 6.22. The molecule has 1 aliphatic rings. The van der Waals surface area contributed by atoms with Crippen molar-refractivity contribution in [3.05, 3.63) is 30.6 Å². The fourth-order valence-corrected chi connectivity index (χ4v) is 3.17. The third-order valence-corrected chi connectivity index (χ3v) is 4.25. The van der Waals surface area contributed by atoms with E-state index in [1.165, 1.54) is 11.5 Å². The summed E-state index contributed by atoms with van der Waals surface area (Å²) in [5.74, 6) is 2.43. The lowest BCUT2D eigenvalue weighted by Gasteiger charge is -2.29. The Labute approximate surface area is 125 Å². The van der Waals surface area contributed by atoms with Crippen LogP contribution in [-0.2, 0) is 0 Å². The second-order valence-electron chi connectivity index (χ2n) is 5.00. The lowest BCUT2D eigenvalue weighted by molar-refractivity contribution is 0.121. The van der Waals surface area contributed by atoms with Gasteiger partial charge in [0.15, 0.2) is 0 Å². The lowest BCUT2D eigenvalue weighted by atomic mass is 10.2. The molecular weight excluding hydrogens is 270 g/mol. The number of hydrogen-bond acceptors (Lipinski definition) is 5. The third kappa shape index (κ3) is 5.13. The molecule has 20 heavy (non-hydrogen) atoms. The van der Waals surface area contributed by atoms with Crippen molar-refractivity contribution in [1.82, 2.24) is 14.9 Å². The van der Waals surface area contributed by atoms with Gasteiger partial charge in [-0.2, -0.15) is 11.8 Å². The van der Waals surface area contributed by atoms with E-state index in [-0.39, 0.29) is 6.10 Å². The van der Waals surface area contributed by atoms with Gasteiger partial charge in [-0.05, 0) is 25.8 Å². The van der Waals surface area contributed by atoms with E-state index in [1.54, 1.807) is 6.20 Å². The molecule has 0 unspecified atom stereocenters. The highest BCUT2D eigenvalue weighted by Crippen LogP contribution is 2.14. The maximum Gasteiger partial charge on any atom is 0.316 e. The molecule has 2 rings (SSSR count). The second kappa shape index (κ2) is 8.27. The topological polar surface area (TPSA) is 38.2 Å². The van der Waals surface area contributed by atoms with Gasteiger partial charge in [-0.25, -0.2) is 9.97 Å². The van der Waals surface area contributed by atoms with Crippen LogP contribution in [0.3, 0.4) is 0 Å².